The Bertz CT molecular complexity index is 5390. The summed E-state index contributed by atoms with van der Waals surface area (Å²) in [6.45, 7) is -0.115. The van der Waals surface area contributed by atoms with Crippen molar-refractivity contribution in [3.8, 4) is 67.9 Å². The molecule has 0 radical (unpaired) electrons. The van der Waals surface area contributed by atoms with E-state index < -0.39 is 40.3 Å². The molecule has 12 N–H and O–H groups in total. The molecule has 0 aliphatic heterocycles. The van der Waals surface area contributed by atoms with E-state index in [2.05, 4.69) is 101 Å². The number of aliphatic hydroxyl groups excluding tert-OH is 2. The lowest BCUT2D eigenvalue weighted by Gasteiger charge is -2.34. The summed E-state index contributed by atoms with van der Waals surface area (Å²) in [6.07, 6.45) is -2.04. The summed E-state index contributed by atoms with van der Waals surface area (Å²) in [4.78, 5) is 25.9. The monoisotopic (exact) mass is 1370 g/mol. The first-order valence-electron chi connectivity index (χ1n) is 34.3. The molecule has 0 saturated heterocycles. The summed E-state index contributed by atoms with van der Waals surface area (Å²) in [5.41, 5.74) is 21.8. The molecule has 0 heterocycles. The number of aromatic hydroxyl groups is 4. The second-order valence-electron chi connectivity index (χ2n) is 26.5. The summed E-state index contributed by atoms with van der Waals surface area (Å²) in [7, 11) is 0. The van der Waals surface area contributed by atoms with Crippen molar-refractivity contribution in [1.29, 1.82) is 0 Å². The molecule has 13 aromatic rings. The molecule has 2 atom stereocenters. The third kappa shape index (κ3) is 10.8. The van der Waals surface area contributed by atoms with Crippen LogP contribution in [0, 0.1) is 0 Å². The Morgan fingerprint density at radius 1 is 0.346 bits per heavy atom. The molecule has 0 fully saturated rings. The van der Waals surface area contributed by atoms with Gasteiger partial charge in [0, 0.05) is 13.1 Å². The van der Waals surface area contributed by atoms with Gasteiger partial charge in [0.15, 0.2) is 0 Å². The molecule has 3 aliphatic carbocycles. The first-order chi connectivity index (χ1) is 50.7. The van der Waals surface area contributed by atoms with Crippen molar-refractivity contribution in [2.45, 2.75) is 28.5 Å². The van der Waals surface area contributed by atoms with Gasteiger partial charge in [0.25, 0.3) is 5.91 Å². The fraction of sp³-hybridized carbons (Fsp3) is 0.101. The molecule has 15 nitrogen and oxygen atoms in total. The highest BCUT2D eigenvalue weighted by Gasteiger charge is 2.49. The molecule has 0 spiro atoms. The zero-order valence-electron chi connectivity index (χ0n) is 56.0. The van der Waals surface area contributed by atoms with E-state index >= 15 is 0 Å². The van der Waals surface area contributed by atoms with Crippen molar-refractivity contribution in [3.63, 3.8) is 0 Å². The minimum absolute atomic E-state index is 0.00517. The van der Waals surface area contributed by atoms with Crippen LogP contribution in [0.5, 0.6) is 34.5 Å². The molecule has 0 bridgehead atoms. The number of carbonyl (C=O) groups excluding carboxylic acids is 1. The Hall–Kier alpha value is -13.1. The lowest BCUT2D eigenvalue weighted by atomic mass is 9.67. The van der Waals surface area contributed by atoms with Gasteiger partial charge in [-0.05, 0) is 185 Å². The van der Waals surface area contributed by atoms with Crippen LogP contribution in [0.15, 0.2) is 291 Å². The van der Waals surface area contributed by atoms with E-state index in [0.717, 1.165) is 94.6 Å². The Morgan fingerprint density at radius 2 is 0.635 bits per heavy atom. The molecule has 512 valence electrons. The van der Waals surface area contributed by atoms with Crippen molar-refractivity contribution in [3.05, 3.63) is 369 Å². The van der Waals surface area contributed by atoms with Crippen LogP contribution < -0.4 is 31.2 Å². The summed E-state index contributed by atoms with van der Waals surface area (Å²) in [6, 6.07) is 92.0. The summed E-state index contributed by atoms with van der Waals surface area (Å²) < 4.78 is 12.6. The average Bonchev–Trinajstić information content (AvgIpc) is 1.54. The molecular weight excluding hydrogens is 1300 g/mol. The van der Waals surface area contributed by atoms with Crippen LogP contribution in [0.25, 0.3) is 33.4 Å². The number of hydrogen-bond acceptors (Lipinski definition) is 13. The fourth-order valence-electron chi connectivity index (χ4n) is 16.2. The standard InChI is InChI=1S/C89H70N4O11/c90-77-45-55(33-41-81(77)96)88(73-25-11-5-17-65(73)66-18-6-12-26-74(66)88)56-34-42-82(97)78(46-56)91-49-59(94)51-103-61-37-29-53(30-38-61)87(71-23-9-3-15-63(71)64-16-4-10-24-72(64)87)54-31-39-62(40-32-54)104-52-60(95)50-92-79-47-57(35-43-83(79)98)89(75-27-13-7-19-67(75)68-20-8-14-28-76(68)89)58-36-44-84(99)80(48-58)93-85(100)69-21-1-2-22-70(69)86(101)102/h1-48,59-60,91-92,94-99H,49-52,90H2,(H,93,100)(H,101,102). The summed E-state index contributed by atoms with van der Waals surface area (Å²) >= 11 is 0. The number of benzene rings is 13. The number of carboxylic acid groups (broad SMARTS) is 1. The van der Waals surface area contributed by atoms with Gasteiger partial charge < -0.3 is 66.9 Å². The molecule has 16 rings (SSSR count). The number of fused-ring (bicyclic) bond motifs is 9. The maximum Gasteiger partial charge on any atom is 0.336 e. The van der Waals surface area contributed by atoms with Gasteiger partial charge in [-0.3, -0.25) is 4.79 Å². The van der Waals surface area contributed by atoms with E-state index in [1.807, 2.05) is 146 Å². The number of phenolic OH excluding ortho intramolecular Hbond substituents is 4. The number of hydrogen-bond donors (Lipinski definition) is 11. The van der Waals surface area contributed by atoms with Crippen molar-refractivity contribution in [2.24, 2.45) is 0 Å². The quantitative estimate of drug-likeness (QED) is 0.0236. The maximum atomic E-state index is 13.8. The topological polar surface area (TPSA) is 256 Å². The number of nitrogen functional groups attached to an aromatic ring is 1. The lowest BCUT2D eigenvalue weighted by molar-refractivity contribution is 0.0692. The van der Waals surface area contributed by atoms with Gasteiger partial charge in [0.05, 0.1) is 50.1 Å². The number of aromatic carboxylic acids is 1. The van der Waals surface area contributed by atoms with E-state index in [1.165, 1.54) is 24.3 Å². The van der Waals surface area contributed by atoms with Crippen LogP contribution in [0.3, 0.4) is 0 Å². The Kier molecular flexibility index (Phi) is 16.7. The molecule has 15 heteroatoms. The Labute approximate surface area is 599 Å². The number of nitrogens with two attached hydrogens (primary N) is 1. The molecular formula is C89H70N4O11. The van der Waals surface area contributed by atoms with Crippen molar-refractivity contribution < 1.29 is 54.8 Å². The van der Waals surface area contributed by atoms with Crippen LogP contribution in [-0.2, 0) is 16.2 Å². The van der Waals surface area contributed by atoms with Gasteiger partial charge in [-0.1, -0.05) is 206 Å². The van der Waals surface area contributed by atoms with Crippen molar-refractivity contribution in [1.82, 2.24) is 0 Å². The average molecular weight is 1370 g/mol. The predicted octanol–water partition coefficient (Wildman–Crippen LogP) is 15.8. The minimum Gasteiger partial charge on any atom is -0.506 e. The van der Waals surface area contributed by atoms with Crippen molar-refractivity contribution in [2.75, 3.05) is 48.0 Å². The highest BCUT2D eigenvalue weighted by molar-refractivity contribution is 6.11. The number of carbonyl (C=O) groups is 2. The number of rotatable bonds is 21. The smallest absolute Gasteiger partial charge is 0.336 e. The molecule has 1 amide bonds. The molecule has 104 heavy (non-hydrogen) atoms. The molecule has 13 aromatic carbocycles. The van der Waals surface area contributed by atoms with Gasteiger partial charge in [0.1, 0.15) is 59.9 Å². The van der Waals surface area contributed by atoms with Gasteiger partial charge in [0.2, 0.25) is 0 Å². The normalized spacial score (nSPS) is 14.1. The number of amides is 1. The largest absolute Gasteiger partial charge is 0.506 e. The number of aliphatic hydroxyl groups is 2. The number of nitrogens with one attached hydrogen (secondary N) is 3. The summed E-state index contributed by atoms with van der Waals surface area (Å²) in [5, 5.41) is 87.2. The second kappa shape index (κ2) is 26.5. The third-order valence-corrected chi connectivity index (χ3v) is 20.8. The number of carboxylic acids is 1. The molecule has 0 aromatic heterocycles. The van der Waals surface area contributed by atoms with Crippen LogP contribution >= 0.6 is 0 Å². The molecule has 0 saturated carbocycles. The highest BCUT2D eigenvalue weighted by Crippen LogP contribution is 2.60. The first-order valence-corrected chi connectivity index (χ1v) is 34.3. The maximum absolute atomic E-state index is 13.8. The third-order valence-electron chi connectivity index (χ3n) is 20.8. The van der Waals surface area contributed by atoms with Crippen molar-refractivity contribution >= 4 is 34.6 Å². The van der Waals surface area contributed by atoms with Gasteiger partial charge in [-0.2, -0.15) is 0 Å². The number of phenols is 4. The zero-order valence-corrected chi connectivity index (χ0v) is 56.0. The van der Waals surface area contributed by atoms with Crippen LogP contribution in [-0.4, -0.2) is 86.1 Å². The zero-order chi connectivity index (χ0) is 71.4. The van der Waals surface area contributed by atoms with Crippen LogP contribution in [0.2, 0.25) is 0 Å². The second-order valence-corrected chi connectivity index (χ2v) is 26.5. The lowest BCUT2D eigenvalue weighted by Crippen LogP contribution is -2.30. The van der Waals surface area contributed by atoms with E-state index in [0.29, 0.717) is 28.4 Å². The van der Waals surface area contributed by atoms with E-state index in [9.17, 15) is 45.3 Å². The number of anilines is 4. The van der Waals surface area contributed by atoms with Gasteiger partial charge >= 0.3 is 5.97 Å². The molecule has 2 unspecified atom stereocenters. The minimum atomic E-state index is -1.27. The number of ether oxygens (including phenoxy) is 2. The van der Waals surface area contributed by atoms with Gasteiger partial charge in [-0.15, -0.1) is 0 Å². The summed E-state index contributed by atoms with van der Waals surface area (Å²) in [5.74, 6) is -1.22. The van der Waals surface area contributed by atoms with E-state index in [1.54, 1.807) is 36.4 Å². The predicted molar refractivity (Wildman–Crippen MR) is 404 cm³/mol. The Balaban J connectivity index is 0.622. The highest BCUT2D eigenvalue weighted by atomic mass is 16.5. The van der Waals surface area contributed by atoms with E-state index in [-0.39, 0.29) is 71.8 Å². The molecule has 3 aliphatic rings. The Morgan fingerprint density at radius 3 is 0.990 bits per heavy atom. The van der Waals surface area contributed by atoms with Gasteiger partial charge in [-0.25, -0.2) is 4.79 Å². The van der Waals surface area contributed by atoms with Crippen LogP contribution in [0.4, 0.5) is 22.7 Å². The SMILES string of the molecule is Nc1cc(C2(c3ccc(O)c(NCC(O)COc4ccc(C5(c6ccc(OCC(O)CNc7cc(C8(c9ccc(O)c(NC(=O)c%10ccccc%10C(=O)O)c9)c9ccccc9-c9ccccc98)ccc7O)cc6)c6ccccc6-c6ccccc65)cc4)c3)c3ccccc3-c3ccccc32)ccc1O. The van der Waals surface area contributed by atoms with Crippen LogP contribution in [0.1, 0.15) is 87.5 Å². The fourth-order valence-corrected chi connectivity index (χ4v) is 16.2. The first kappa shape index (κ1) is 65.5. The van der Waals surface area contributed by atoms with E-state index in [4.69, 9.17) is 15.2 Å².